The number of nitrogens with zero attached hydrogens (tertiary/aromatic N) is 4. The summed E-state index contributed by atoms with van der Waals surface area (Å²) in [6.07, 6.45) is 2.06. The molecule has 5 rings (SSSR count). The lowest BCUT2D eigenvalue weighted by Gasteiger charge is -2.24. The van der Waals surface area contributed by atoms with Crippen molar-refractivity contribution in [1.82, 2.24) is 19.4 Å². The number of aromatic nitrogens is 3. The molecule has 152 valence electrons. The molecule has 2 aromatic carbocycles. The van der Waals surface area contributed by atoms with Gasteiger partial charge in [0.2, 0.25) is 5.91 Å². The molecular weight excluding hydrogens is 398 g/mol. The van der Waals surface area contributed by atoms with Crippen LogP contribution in [0, 0.1) is 0 Å². The molecule has 0 aliphatic carbocycles. The number of thiazole rings is 1. The zero-order valence-corrected chi connectivity index (χ0v) is 17.1. The Morgan fingerprint density at radius 2 is 1.87 bits per heavy atom. The Bertz CT molecular complexity index is 1280. The number of hydrogen-bond acceptors (Lipinski definition) is 6. The van der Waals surface area contributed by atoms with Crippen molar-refractivity contribution >= 4 is 38.4 Å². The molecule has 0 radical (unpaired) electrons. The van der Waals surface area contributed by atoms with Crippen LogP contribution in [0.25, 0.3) is 21.1 Å². The molecule has 7 nitrogen and oxygen atoms in total. The molecule has 2 aromatic heterocycles. The molecule has 0 bridgehead atoms. The molecule has 3 heterocycles. The normalized spacial score (nSPS) is 17.1. The summed E-state index contributed by atoms with van der Waals surface area (Å²) in [4.78, 5) is 36.5. The highest BCUT2D eigenvalue weighted by molar-refractivity contribution is 7.18. The van der Waals surface area contributed by atoms with Crippen molar-refractivity contribution < 1.29 is 4.79 Å². The van der Waals surface area contributed by atoms with Gasteiger partial charge in [-0.1, -0.05) is 24.3 Å². The van der Waals surface area contributed by atoms with Gasteiger partial charge >= 0.3 is 0 Å². The van der Waals surface area contributed by atoms with Crippen molar-refractivity contribution in [3.05, 3.63) is 69.7 Å². The second-order valence-corrected chi connectivity index (χ2v) is 8.61. The highest BCUT2D eigenvalue weighted by atomic mass is 32.1. The van der Waals surface area contributed by atoms with Gasteiger partial charge in [0.1, 0.15) is 17.4 Å². The van der Waals surface area contributed by atoms with Crippen LogP contribution in [0.4, 0.5) is 0 Å². The largest absolute Gasteiger partial charge is 0.368 e. The number of likely N-dealkylation sites (tertiary alicyclic amines) is 1. The smallest absolute Gasteiger partial charge is 0.261 e. The predicted octanol–water partition coefficient (Wildman–Crippen LogP) is 2.83. The van der Waals surface area contributed by atoms with Crippen molar-refractivity contribution in [2.75, 3.05) is 6.54 Å². The topological polar surface area (TPSA) is 94.1 Å². The summed E-state index contributed by atoms with van der Waals surface area (Å²) < 4.78 is 2.59. The molecule has 30 heavy (non-hydrogen) atoms. The Morgan fingerprint density at radius 3 is 2.67 bits per heavy atom. The molecule has 1 aliphatic rings. The first-order chi connectivity index (χ1) is 14.6. The fourth-order valence-electron chi connectivity index (χ4n) is 4.16. The van der Waals surface area contributed by atoms with E-state index in [0.717, 1.165) is 29.9 Å². The van der Waals surface area contributed by atoms with Crippen molar-refractivity contribution in [3.63, 3.8) is 0 Å². The zero-order chi connectivity index (χ0) is 20.7. The van der Waals surface area contributed by atoms with E-state index in [1.54, 1.807) is 23.5 Å². The van der Waals surface area contributed by atoms with Crippen LogP contribution in [0.2, 0.25) is 0 Å². The van der Waals surface area contributed by atoms with Gasteiger partial charge in [-0.15, -0.1) is 11.3 Å². The van der Waals surface area contributed by atoms with Gasteiger partial charge in [-0.25, -0.2) is 9.97 Å². The molecule has 1 amide bonds. The Hall–Kier alpha value is -3.10. The molecule has 8 heteroatoms. The maximum absolute atomic E-state index is 13.0. The molecule has 1 fully saturated rings. The standard InChI is InChI=1S/C22H21N5O2S/c23-19(28)12-27-20(24-15-7-2-1-6-14(15)22(27)29)13-26-11-5-9-17(26)21-25-16-8-3-4-10-18(16)30-21/h1-4,6-8,10,17H,5,9,11-13H2,(H2,23,28)/t17-/m1/s1. The van der Waals surface area contributed by atoms with Crippen LogP contribution in [-0.4, -0.2) is 31.9 Å². The molecule has 2 N–H and O–H groups in total. The van der Waals surface area contributed by atoms with E-state index in [0.29, 0.717) is 23.3 Å². The molecule has 1 atom stereocenters. The van der Waals surface area contributed by atoms with Gasteiger partial charge in [-0.05, 0) is 43.7 Å². The van der Waals surface area contributed by atoms with E-state index in [1.807, 2.05) is 30.3 Å². The monoisotopic (exact) mass is 419 g/mol. The van der Waals surface area contributed by atoms with Crippen LogP contribution in [0.5, 0.6) is 0 Å². The van der Waals surface area contributed by atoms with Crippen LogP contribution in [-0.2, 0) is 17.9 Å². The SMILES string of the molecule is NC(=O)Cn1c(CN2CCC[C@@H]2c2nc3ccccc3s2)nc2ccccc2c1=O. The first kappa shape index (κ1) is 18.9. The quantitative estimate of drug-likeness (QED) is 0.537. The van der Waals surface area contributed by atoms with Crippen molar-refractivity contribution in [1.29, 1.82) is 0 Å². The van der Waals surface area contributed by atoms with Crippen molar-refractivity contribution in [2.24, 2.45) is 5.73 Å². The maximum Gasteiger partial charge on any atom is 0.261 e. The van der Waals surface area contributed by atoms with Gasteiger partial charge in [-0.2, -0.15) is 0 Å². The third-order valence-corrected chi connectivity index (χ3v) is 6.70. The van der Waals surface area contributed by atoms with Gasteiger partial charge in [0.25, 0.3) is 5.56 Å². The van der Waals surface area contributed by atoms with E-state index in [-0.39, 0.29) is 18.1 Å². The number of benzene rings is 2. The van der Waals surface area contributed by atoms with E-state index >= 15 is 0 Å². The van der Waals surface area contributed by atoms with Crippen molar-refractivity contribution in [3.8, 4) is 0 Å². The van der Waals surface area contributed by atoms with Crippen LogP contribution < -0.4 is 11.3 Å². The van der Waals surface area contributed by atoms with Gasteiger partial charge in [0.05, 0.1) is 33.7 Å². The second kappa shape index (κ2) is 7.62. The molecule has 1 saturated heterocycles. The number of carbonyl (C=O) groups is 1. The minimum Gasteiger partial charge on any atom is -0.368 e. The minimum absolute atomic E-state index is 0.174. The predicted molar refractivity (Wildman–Crippen MR) is 117 cm³/mol. The van der Waals surface area contributed by atoms with E-state index in [1.165, 1.54) is 9.27 Å². The van der Waals surface area contributed by atoms with E-state index in [9.17, 15) is 9.59 Å². The summed E-state index contributed by atoms with van der Waals surface area (Å²) in [6.45, 7) is 1.18. The lowest BCUT2D eigenvalue weighted by Crippen LogP contribution is -2.34. The summed E-state index contributed by atoms with van der Waals surface area (Å²) in [5.41, 5.74) is 6.84. The number of para-hydroxylation sites is 2. The number of primary amides is 1. The number of nitrogens with two attached hydrogens (primary N) is 1. The van der Waals surface area contributed by atoms with Crippen molar-refractivity contribution in [2.45, 2.75) is 32.0 Å². The summed E-state index contributed by atoms with van der Waals surface area (Å²) in [7, 11) is 0. The molecule has 4 aromatic rings. The minimum atomic E-state index is -0.556. The van der Waals surface area contributed by atoms with Crippen LogP contribution in [0.15, 0.2) is 53.3 Å². The number of rotatable bonds is 5. The van der Waals surface area contributed by atoms with Gasteiger partial charge in [0, 0.05) is 0 Å². The number of carbonyl (C=O) groups excluding carboxylic acids is 1. The van der Waals surface area contributed by atoms with E-state index < -0.39 is 5.91 Å². The highest BCUT2D eigenvalue weighted by Crippen LogP contribution is 2.37. The second-order valence-electron chi connectivity index (χ2n) is 7.55. The van der Waals surface area contributed by atoms with Crippen LogP contribution >= 0.6 is 11.3 Å². The number of fused-ring (bicyclic) bond motifs is 2. The Kier molecular flexibility index (Phi) is 4.80. The fourth-order valence-corrected chi connectivity index (χ4v) is 5.30. The molecule has 0 spiro atoms. The Balaban J connectivity index is 1.53. The highest BCUT2D eigenvalue weighted by Gasteiger charge is 2.30. The van der Waals surface area contributed by atoms with Crippen LogP contribution in [0.1, 0.15) is 29.7 Å². The Labute approximate surface area is 176 Å². The summed E-state index contributed by atoms with van der Waals surface area (Å²) in [6, 6.07) is 15.5. The maximum atomic E-state index is 13.0. The third-order valence-electron chi connectivity index (χ3n) is 5.56. The number of amides is 1. The molecular formula is C22H21N5O2S. The van der Waals surface area contributed by atoms with E-state index in [4.69, 9.17) is 15.7 Å². The van der Waals surface area contributed by atoms with Gasteiger partial charge in [0.15, 0.2) is 0 Å². The third kappa shape index (κ3) is 3.38. The molecule has 0 saturated carbocycles. The summed E-state index contributed by atoms with van der Waals surface area (Å²) in [5, 5.41) is 1.57. The molecule has 0 unspecified atom stereocenters. The summed E-state index contributed by atoms with van der Waals surface area (Å²) >= 11 is 1.71. The summed E-state index contributed by atoms with van der Waals surface area (Å²) in [5.74, 6) is 0.00471. The first-order valence-electron chi connectivity index (χ1n) is 9.96. The number of hydrogen-bond donors (Lipinski definition) is 1. The first-order valence-corrected chi connectivity index (χ1v) is 10.8. The zero-order valence-electron chi connectivity index (χ0n) is 16.3. The fraction of sp³-hybridized carbons (Fsp3) is 0.273. The van der Waals surface area contributed by atoms with E-state index in [2.05, 4.69) is 11.0 Å². The lowest BCUT2D eigenvalue weighted by atomic mass is 10.2. The molecule has 1 aliphatic heterocycles. The van der Waals surface area contributed by atoms with Crippen LogP contribution in [0.3, 0.4) is 0 Å². The Morgan fingerprint density at radius 1 is 1.10 bits per heavy atom. The van der Waals surface area contributed by atoms with Gasteiger partial charge in [-0.3, -0.25) is 19.1 Å². The average molecular weight is 420 g/mol. The average Bonchev–Trinajstić information content (AvgIpc) is 3.37. The lowest BCUT2D eigenvalue weighted by molar-refractivity contribution is -0.118. The van der Waals surface area contributed by atoms with Gasteiger partial charge < -0.3 is 5.73 Å².